The fraction of sp³-hybridized carbons (Fsp3) is 0.320. The van der Waals surface area contributed by atoms with E-state index in [-0.39, 0.29) is 30.2 Å². The highest BCUT2D eigenvalue weighted by Crippen LogP contribution is 2.23. The number of amides is 1. The molecule has 1 aliphatic heterocycles. The van der Waals surface area contributed by atoms with Crippen molar-refractivity contribution in [1.29, 1.82) is 0 Å². The largest absolute Gasteiger partial charge is 0.459 e. The van der Waals surface area contributed by atoms with Gasteiger partial charge in [-0.1, -0.05) is 18.2 Å². The quantitative estimate of drug-likeness (QED) is 0.433. The first kappa shape index (κ1) is 21.6. The Labute approximate surface area is 186 Å². The van der Waals surface area contributed by atoms with Gasteiger partial charge in [0.2, 0.25) is 5.78 Å². The van der Waals surface area contributed by atoms with Crippen LogP contribution in [0.4, 0.5) is 0 Å². The SMILES string of the molecule is Cc1cc(C(=O)COC(=O)C2CCN(C(=O)c3ccco3)CC2)c(C)n1-c1ccccc1. The third-order valence-electron chi connectivity index (χ3n) is 5.94. The number of hydrogen-bond donors (Lipinski definition) is 0. The molecule has 0 N–H and O–H groups in total. The monoisotopic (exact) mass is 434 g/mol. The van der Waals surface area contributed by atoms with Crippen LogP contribution in [0, 0.1) is 19.8 Å². The van der Waals surface area contributed by atoms with Crippen LogP contribution in [0.2, 0.25) is 0 Å². The average Bonchev–Trinajstić information content (AvgIpc) is 3.45. The van der Waals surface area contributed by atoms with E-state index in [2.05, 4.69) is 0 Å². The minimum atomic E-state index is -0.389. The number of aromatic nitrogens is 1. The van der Waals surface area contributed by atoms with E-state index in [1.165, 1.54) is 6.26 Å². The molecule has 0 saturated carbocycles. The van der Waals surface area contributed by atoms with Crippen LogP contribution in [0.25, 0.3) is 5.69 Å². The van der Waals surface area contributed by atoms with Gasteiger partial charge in [0.05, 0.1) is 12.2 Å². The van der Waals surface area contributed by atoms with Crippen molar-refractivity contribution in [1.82, 2.24) is 9.47 Å². The van der Waals surface area contributed by atoms with Crippen LogP contribution in [-0.2, 0) is 9.53 Å². The molecule has 1 saturated heterocycles. The van der Waals surface area contributed by atoms with Gasteiger partial charge in [-0.2, -0.15) is 0 Å². The molecule has 0 bridgehead atoms. The summed E-state index contributed by atoms with van der Waals surface area (Å²) in [6, 6.07) is 14.9. The standard InChI is InChI=1S/C25H26N2O5/c1-17-15-21(18(2)27(17)20-7-4-3-5-8-20)22(28)16-32-25(30)19-10-12-26(13-11-19)24(29)23-9-6-14-31-23/h3-9,14-15,19H,10-13,16H2,1-2H3. The Bertz CT molecular complexity index is 1110. The van der Waals surface area contributed by atoms with Gasteiger partial charge in [-0.05, 0) is 57.0 Å². The van der Waals surface area contributed by atoms with Gasteiger partial charge in [-0.25, -0.2) is 0 Å². The number of ether oxygens (including phenoxy) is 1. The Balaban J connectivity index is 1.32. The zero-order chi connectivity index (χ0) is 22.7. The second-order valence-electron chi connectivity index (χ2n) is 8.03. The van der Waals surface area contributed by atoms with Crippen molar-refractivity contribution in [3.63, 3.8) is 0 Å². The molecule has 2 aromatic heterocycles. The van der Waals surface area contributed by atoms with Crippen molar-refractivity contribution in [2.45, 2.75) is 26.7 Å². The molecule has 3 aromatic rings. The highest BCUT2D eigenvalue weighted by molar-refractivity contribution is 5.99. The van der Waals surface area contributed by atoms with Crippen molar-refractivity contribution < 1.29 is 23.5 Å². The molecule has 1 amide bonds. The Hall–Kier alpha value is -3.61. The van der Waals surface area contributed by atoms with Gasteiger partial charge in [0.15, 0.2) is 12.4 Å². The summed E-state index contributed by atoms with van der Waals surface area (Å²) < 4.78 is 12.5. The number of piperidine rings is 1. The number of ketones is 1. The molecule has 0 radical (unpaired) electrons. The summed E-state index contributed by atoms with van der Waals surface area (Å²) in [6.45, 7) is 4.45. The number of likely N-dealkylation sites (tertiary alicyclic amines) is 1. The molecular formula is C25H26N2O5. The van der Waals surface area contributed by atoms with Crippen molar-refractivity contribution >= 4 is 17.7 Å². The van der Waals surface area contributed by atoms with Crippen molar-refractivity contribution in [3.8, 4) is 5.69 Å². The normalized spacial score (nSPS) is 14.4. The van der Waals surface area contributed by atoms with Crippen LogP contribution < -0.4 is 0 Å². The van der Waals surface area contributed by atoms with E-state index >= 15 is 0 Å². The fourth-order valence-electron chi connectivity index (χ4n) is 4.23. The zero-order valence-electron chi connectivity index (χ0n) is 18.2. The van der Waals surface area contributed by atoms with E-state index in [1.807, 2.05) is 54.8 Å². The molecule has 7 heteroatoms. The first-order valence-electron chi connectivity index (χ1n) is 10.7. The van der Waals surface area contributed by atoms with Gasteiger partial charge in [0.1, 0.15) is 0 Å². The topological polar surface area (TPSA) is 81.8 Å². The number of nitrogens with zero attached hydrogens (tertiary/aromatic N) is 2. The van der Waals surface area contributed by atoms with Gasteiger partial charge < -0.3 is 18.6 Å². The predicted molar refractivity (Wildman–Crippen MR) is 118 cm³/mol. The molecule has 0 aliphatic carbocycles. The van der Waals surface area contributed by atoms with Crippen LogP contribution >= 0.6 is 0 Å². The first-order valence-corrected chi connectivity index (χ1v) is 10.7. The van der Waals surface area contributed by atoms with Gasteiger partial charge in [-0.3, -0.25) is 14.4 Å². The lowest BCUT2D eigenvalue weighted by molar-refractivity contribution is -0.148. The number of aryl methyl sites for hydroxylation is 1. The minimum Gasteiger partial charge on any atom is -0.459 e. The van der Waals surface area contributed by atoms with Gasteiger partial charge in [0, 0.05) is 35.7 Å². The molecule has 0 unspecified atom stereocenters. The molecule has 0 atom stereocenters. The Morgan fingerprint density at radius 1 is 1.03 bits per heavy atom. The van der Waals surface area contributed by atoms with E-state index in [0.717, 1.165) is 17.1 Å². The lowest BCUT2D eigenvalue weighted by Gasteiger charge is -2.30. The summed E-state index contributed by atoms with van der Waals surface area (Å²) in [7, 11) is 0. The van der Waals surface area contributed by atoms with Crippen LogP contribution in [0.1, 0.15) is 45.1 Å². The third-order valence-corrected chi connectivity index (χ3v) is 5.94. The summed E-state index contributed by atoms with van der Waals surface area (Å²) in [4.78, 5) is 39.3. The molecule has 7 nitrogen and oxygen atoms in total. The molecule has 166 valence electrons. The average molecular weight is 434 g/mol. The number of Topliss-reactive ketones (excluding diaryl/α,β-unsaturated/α-hetero) is 1. The number of benzene rings is 1. The van der Waals surface area contributed by atoms with Gasteiger partial charge >= 0.3 is 5.97 Å². The van der Waals surface area contributed by atoms with E-state index in [9.17, 15) is 14.4 Å². The maximum atomic E-state index is 12.8. The van der Waals surface area contributed by atoms with Crippen LogP contribution in [0.5, 0.6) is 0 Å². The smallest absolute Gasteiger partial charge is 0.309 e. The lowest BCUT2D eigenvalue weighted by Crippen LogP contribution is -2.40. The summed E-state index contributed by atoms with van der Waals surface area (Å²) >= 11 is 0. The van der Waals surface area contributed by atoms with Crippen LogP contribution in [0.15, 0.2) is 59.2 Å². The molecule has 0 spiro atoms. The molecular weight excluding hydrogens is 408 g/mol. The van der Waals surface area contributed by atoms with Crippen LogP contribution in [0.3, 0.4) is 0 Å². The molecule has 1 aliphatic rings. The second kappa shape index (κ2) is 9.26. The molecule has 32 heavy (non-hydrogen) atoms. The fourth-order valence-corrected chi connectivity index (χ4v) is 4.23. The predicted octanol–water partition coefficient (Wildman–Crippen LogP) is 3.97. The number of para-hydroxylation sites is 1. The number of rotatable bonds is 6. The maximum absolute atomic E-state index is 12.8. The van der Waals surface area contributed by atoms with E-state index in [4.69, 9.17) is 9.15 Å². The number of carbonyl (C=O) groups excluding carboxylic acids is 3. The van der Waals surface area contributed by atoms with Crippen molar-refractivity contribution in [3.05, 3.63) is 77.5 Å². The summed E-state index contributed by atoms with van der Waals surface area (Å²) in [6.07, 6.45) is 2.47. The Kier molecular flexibility index (Phi) is 6.25. The molecule has 1 aromatic carbocycles. The highest BCUT2D eigenvalue weighted by Gasteiger charge is 2.30. The highest BCUT2D eigenvalue weighted by atomic mass is 16.5. The first-order chi connectivity index (χ1) is 15.5. The van der Waals surface area contributed by atoms with Crippen molar-refractivity contribution in [2.75, 3.05) is 19.7 Å². The molecule has 4 rings (SSSR count). The summed E-state index contributed by atoms with van der Waals surface area (Å²) in [5, 5.41) is 0. The summed E-state index contributed by atoms with van der Waals surface area (Å²) in [5.74, 6) is -0.810. The van der Waals surface area contributed by atoms with E-state index in [1.54, 1.807) is 17.0 Å². The summed E-state index contributed by atoms with van der Waals surface area (Å²) in [5.41, 5.74) is 3.30. The third kappa shape index (κ3) is 4.37. The van der Waals surface area contributed by atoms with Crippen LogP contribution in [-0.4, -0.2) is 46.8 Å². The Morgan fingerprint density at radius 2 is 1.75 bits per heavy atom. The second-order valence-corrected chi connectivity index (χ2v) is 8.03. The van der Waals surface area contributed by atoms with Gasteiger partial charge in [-0.15, -0.1) is 0 Å². The molecule has 3 heterocycles. The zero-order valence-corrected chi connectivity index (χ0v) is 18.2. The van der Waals surface area contributed by atoms with E-state index in [0.29, 0.717) is 37.3 Å². The lowest BCUT2D eigenvalue weighted by atomic mass is 9.97. The number of furan rings is 1. The van der Waals surface area contributed by atoms with E-state index < -0.39 is 0 Å². The maximum Gasteiger partial charge on any atom is 0.309 e. The van der Waals surface area contributed by atoms with Crippen molar-refractivity contribution in [2.24, 2.45) is 5.92 Å². The molecule has 1 fully saturated rings. The number of carbonyl (C=O) groups is 3. The minimum absolute atomic E-state index is 0.175. The number of esters is 1. The Morgan fingerprint density at radius 3 is 2.41 bits per heavy atom. The number of hydrogen-bond acceptors (Lipinski definition) is 5. The van der Waals surface area contributed by atoms with Gasteiger partial charge in [0.25, 0.3) is 5.91 Å².